The highest BCUT2D eigenvalue weighted by Gasteiger charge is 2.31. The van der Waals surface area contributed by atoms with Crippen LogP contribution in [0.5, 0.6) is 0 Å². The quantitative estimate of drug-likeness (QED) is 0.414. The molecule has 1 atom stereocenters. The van der Waals surface area contributed by atoms with Crippen molar-refractivity contribution in [2.45, 2.75) is 59.4 Å². The monoisotopic (exact) mass is 459 g/mol. The van der Waals surface area contributed by atoms with Crippen molar-refractivity contribution in [2.24, 2.45) is 0 Å². The zero-order chi connectivity index (χ0) is 23.1. The molecule has 1 aliphatic heterocycles. The average Bonchev–Trinajstić information content (AvgIpc) is 3.42. The molecule has 6 nitrogen and oxygen atoms in total. The van der Waals surface area contributed by atoms with Crippen LogP contribution in [0, 0.1) is 27.7 Å². The predicted octanol–water partition coefficient (Wildman–Crippen LogP) is 5.32. The number of fused-ring (bicyclic) bond motifs is 1. The topological polar surface area (TPSA) is 63.4 Å². The van der Waals surface area contributed by atoms with E-state index in [1.807, 2.05) is 36.3 Å². The van der Waals surface area contributed by atoms with Crippen LogP contribution in [-0.2, 0) is 6.42 Å². The number of hydrogen-bond donors (Lipinski definition) is 0. The number of imidazole rings is 1. The first-order valence-corrected chi connectivity index (χ1v) is 12.4. The van der Waals surface area contributed by atoms with Gasteiger partial charge in [0.1, 0.15) is 16.3 Å². The Balaban J connectivity index is 1.47. The van der Waals surface area contributed by atoms with Crippen LogP contribution in [0.1, 0.15) is 58.0 Å². The van der Waals surface area contributed by atoms with Crippen LogP contribution in [0.2, 0.25) is 0 Å². The van der Waals surface area contributed by atoms with E-state index in [4.69, 9.17) is 4.98 Å². The van der Waals surface area contributed by atoms with Gasteiger partial charge in [-0.2, -0.15) is 0 Å². The van der Waals surface area contributed by atoms with Crippen LogP contribution in [-0.4, -0.2) is 42.7 Å². The first-order valence-electron chi connectivity index (χ1n) is 11.6. The summed E-state index contributed by atoms with van der Waals surface area (Å²) in [5.74, 6) is 0.00189. The van der Waals surface area contributed by atoms with Gasteiger partial charge in [0.05, 0.1) is 5.69 Å². The first-order chi connectivity index (χ1) is 15.9. The number of carbonyl (C=O) groups is 1. The molecule has 4 aromatic heterocycles. The second-order valence-corrected chi connectivity index (χ2v) is 9.94. The molecular formula is C26H29N5OS. The lowest BCUT2D eigenvalue weighted by Gasteiger charge is -2.35. The molecule has 0 spiro atoms. The summed E-state index contributed by atoms with van der Waals surface area (Å²) in [6.07, 6.45) is 8.05. The van der Waals surface area contributed by atoms with E-state index in [9.17, 15) is 4.79 Å². The highest BCUT2D eigenvalue weighted by atomic mass is 32.1. The van der Waals surface area contributed by atoms with Gasteiger partial charge in [-0.3, -0.25) is 4.79 Å². The Hall–Kier alpha value is -3.06. The third-order valence-electron chi connectivity index (χ3n) is 6.61. The minimum Gasteiger partial charge on any atom is -0.334 e. The standard InChI is InChI=1S/C26H29N5OS/c1-16-10-12-30-14-20(29-24(30)19(16)4)13-21-7-5-6-11-31(21)26(32)23-22(9-8-17(2)27-23)25-28-18(3)15-33-25/h8-10,12,14-15,21H,5-7,11,13H2,1-4H3/t21-/m0/s1. The molecule has 1 aliphatic rings. The second kappa shape index (κ2) is 8.71. The molecule has 5 rings (SSSR count). The molecule has 33 heavy (non-hydrogen) atoms. The first kappa shape index (κ1) is 21.8. The minimum atomic E-state index is 0.00189. The number of carbonyl (C=O) groups excluding carboxylic acids is 1. The van der Waals surface area contributed by atoms with Gasteiger partial charge in [-0.1, -0.05) is 0 Å². The molecular weight excluding hydrogens is 430 g/mol. The summed E-state index contributed by atoms with van der Waals surface area (Å²) in [5.41, 5.74) is 7.61. The van der Waals surface area contributed by atoms with Gasteiger partial charge in [0.25, 0.3) is 5.91 Å². The average molecular weight is 460 g/mol. The summed E-state index contributed by atoms with van der Waals surface area (Å²) in [6.45, 7) is 8.88. The van der Waals surface area contributed by atoms with E-state index in [0.717, 1.165) is 65.5 Å². The molecule has 1 amide bonds. The number of thiazole rings is 1. The Morgan fingerprint density at radius 3 is 2.70 bits per heavy atom. The number of likely N-dealkylation sites (tertiary alicyclic amines) is 1. The van der Waals surface area contributed by atoms with Gasteiger partial charge in [-0.15, -0.1) is 11.3 Å². The Bertz CT molecular complexity index is 1340. The molecule has 1 fully saturated rings. The van der Waals surface area contributed by atoms with Crippen molar-refractivity contribution < 1.29 is 4.79 Å². The van der Waals surface area contributed by atoms with Crippen LogP contribution in [0.15, 0.2) is 36.0 Å². The second-order valence-electron chi connectivity index (χ2n) is 9.08. The number of nitrogens with zero attached hydrogens (tertiary/aromatic N) is 5. The lowest BCUT2D eigenvalue weighted by Crippen LogP contribution is -2.45. The molecule has 0 bridgehead atoms. The van der Waals surface area contributed by atoms with Gasteiger partial charge >= 0.3 is 0 Å². The van der Waals surface area contributed by atoms with E-state index in [1.165, 1.54) is 11.1 Å². The van der Waals surface area contributed by atoms with Crippen LogP contribution < -0.4 is 0 Å². The summed E-state index contributed by atoms with van der Waals surface area (Å²) in [6, 6.07) is 6.18. The predicted molar refractivity (Wildman–Crippen MR) is 132 cm³/mol. The highest BCUT2D eigenvalue weighted by Crippen LogP contribution is 2.30. The Morgan fingerprint density at radius 2 is 1.91 bits per heavy atom. The van der Waals surface area contributed by atoms with Crippen molar-refractivity contribution in [1.29, 1.82) is 0 Å². The summed E-state index contributed by atoms with van der Waals surface area (Å²) in [7, 11) is 0. The van der Waals surface area contributed by atoms with Gasteiger partial charge in [0, 0.05) is 53.7 Å². The summed E-state index contributed by atoms with van der Waals surface area (Å²) >= 11 is 1.56. The van der Waals surface area contributed by atoms with Crippen molar-refractivity contribution in [1.82, 2.24) is 24.3 Å². The molecule has 0 saturated carbocycles. The molecule has 0 aliphatic carbocycles. The number of piperidine rings is 1. The number of rotatable bonds is 4. The molecule has 0 unspecified atom stereocenters. The Kier molecular flexibility index (Phi) is 5.74. The highest BCUT2D eigenvalue weighted by molar-refractivity contribution is 7.13. The third-order valence-corrected chi connectivity index (χ3v) is 7.61. The van der Waals surface area contributed by atoms with Crippen molar-refractivity contribution in [3.63, 3.8) is 0 Å². The van der Waals surface area contributed by atoms with E-state index in [-0.39, 0.29) is 11.9 Å². The summed E-state index contributed by atoms with van der Waals surface area (Å²) < 4.78 is 2.09. The molecule has 1 saturated heterocycles. The Labute approximate surface area is 198 Å². The molecule has 170 valence electrons. The molecule has 7 heteroatoms. The van der Waals surface area contributed by atoms with E-state index < -0.39 is 0 Å². The molecule has 5 heterocycles. The van der Waals surface area contributed by atoms with E-state index in [1.54, 1.807) is 11.3 Å². The normalized spacial score (nSPS) is 16.5. The zero-order valence-corrected chi connectivity index (χ0v) is 20.4. The Morgan fingerprint density at radius 1 is 1.06 bits per heavy atom. The van der Waals surface area contributed by atoms with Gasteiger partial charge in [0.15, 0.2) is 0 Å². The van der Waals surface area contributed by atoms with Crippen LogP contribution in [0.25, 0.3) is 16.2 Å². The molecule has 0 radical (unpaired) electrons. The van der Waals surface area contributed by atoms with Crippen LogP contribution >= 0.6 is 11.3 Å². The molecule has 4 aromatic rings. The van der Waals surface area contributed by atoms with Gasteiger partial charge < -0.3 is 9.30 Å². The van der Waals surface area contributed by atoms with Crippen molar-refractivity contribution in [2.75, 3.05) is 6.54 Å². The van der Waals surface area contributed by atoms with Crippen molar-refractivity contribution in [3.05, 3.63) is 69.9 Å². The lowest BCUT2D eigenvalue weighted by molar-refractivity contribution is 0.0607. The summed E-state index contributed by atoms with van der Waals surface area (Å²) in [5, 5.41) is 2.86. The maximum absolute atomic E-state index is 13.8. The third kappa shape index (κ3) is 4.17. The SMILES string of the molecule is Cc1csc(-c2ccc(C)nc2C(=O)N2CCCC[C@H]2Cc2cn3ccc(C)c(C)c3n2)n1. The number of hydrogen-bond acceptors (Lipinski definition) is 5. The van der Waals surface area contributed by atoms with Crippen molar-refractivity contribution >= 4 is 22.9 Å². The van der Waals surface area contributed by atoms with Gasteiger partial charge in [-0.05, 0) is 76.3 Å². The van der Waals surface area contributed by atoms with Gasteiger partial charge in [0.2, 0.25) is 0 Å². The molecule has 0 N–H and O–H groups in total. The number of pyridine rings is 2. The van der Waals surface area contributed by atoms with Crippen LogP contribution in [0.3, 0.4) is 0 Å². The number of amides is 1. The lowest BCUT2D eigenvalue weighted by atomic mass is 9.97. The summed E-state index contributed by atoms with van der Waals surface area (Å²) in [4.78, 5) is 30.1. The molecule has 0 aromatic carbocycles. The fourth-order valence-corrected chi connectivity index (χ4v) is 5.48. The zero-order valence-electron chi connectivity index (χ0n) is 19.6. The van der Waals surface area contributed by atoms with E-state index >= 15 is 0 Å². The largest absolute Gasteiger partial charge is 0.334 e. The van der Waals surface area contributed by atoms with E-state index in [0.29, 0.717) is 5.69 Å². The van der Waals surface area contributed by atoms with Gasteiger partial charge in [-0.25, -0.2) is 15.0 Å². The smallest absolute Gasteiger partial charge is 0.273 e. The fraction of sp³-hybridized carbons (Fsp3) is 0.385. The van der Waals surface area contributed by atoms with Crippen LogP contribution in [0.4, 0.5) is 0 Å². The minimum absolute atomic E-state index is 0.00189. The fourth-order valence-electron chi connectivity index (χ4n) is 4.65. The maximum atomic E-state index is 13.8. The maximum Gasteiger partial charge on any atom is 0.273 e. The van der Waals surface area contributed by atoms with E-state index in [2.05, 4.69) is 46.7 Å². The van der Waals surface area contributed by atoms with Crippen molar-refractivity contribution in [3.8, 4) is 10.6 Å². The number of aromatic nitrogens is 4. The number of aryl methyl sites for hydroxylation is 4.